The molecule has 154 valence electrons. The maximum atomic E-state index is 11.8. The monoisotopic (exact) mass is 393 g/mol. The number of fused-ring (bicyclic) bond motifs is 1. The Labute approximate surface area is 172 Å². The number of hydrogen-bond acceptors (Lipinski definition) is 4. The fourth-order valence-electron chi connectivity index (χ4n) is 7.44. The molecule has 1 aliphatic heterocycles. The maximum Gasteiger partial charge on any atom is 0.285 e. The van der Waals surface area contributed by atoms with Crippen LogP contribution in [0.1, 0.15) is 54.8 Å². The molecule has 1 saturated heterocycles. The lowest BCUT2D eigenvalue weighted by molar-refractivity contribution is -0.102. The highest BCUT2D eigenvalue weighted by molar-refractivity contribution is 5.90. The zero-order valence-corrected chi connectivity index (χ0v) is 17.1. The van der Waals surface area contributed by atoms with E-state index in [1.807, 2.05) is 28.8 Å². The molecule has 0 radical (unpaired) electrons. The molecule has 2 N–H and O–H groups in total. The van der Waals surface area contributed by atoms with Crippen LogP contribution in [-0.4, -0.2) is 56.8 Å². The van der Waals surface area contributed by atoms with Gasteiger partial charge in [-0.3, -0.25) is 19.0 Å². The molecule has 0 spiro atoms. The molecular weight excluding hydrogens is 362 g/mol. The molecule has 2 aromatic rings. The van der Waals surface area contributed by atoms with Crippen LogP contribution < -0.4 is 5.73 Å². The van der Waals surface area contributed by atoms with Gasteiger partial charge in [-0.1, -0.05) is 6.07 Å². The van der Waals surface area contributed by atoms with E-state index in [0.717, 1.165) is 48.6 Å². The largest absolute Gasteiger partial charge is 0.363 e. The molecule has 4 saturated carbocycles. The van der Waals surface area contributed by atoms with Crippen LogP contribution in [0.2, 0.25) is 0 Å². The van der Waals surface area contributed by atoms with Crippen LogP contribution in [0.5, 0.6) is 0 Å². The number of nitrogens with zero attached hydrogens (tertiary/aromatic N) is 4. The summed E-state index contributed by atoms with van der Waals surface area (Å²) in [5, 5.41) is 0. The van der Waals surface area contributed by atoms with Crippen LogP contribution in [0.15, 0.2) is 24.4 Å². The highest BCUT2D eigenvalue weighted by Gasteiger charge is 2.53. The molecule has 0 atom stereocenters. The van der Waals surface area contributed by atoms with Crippen molar-refractivity contribution in [1.29, 1.82) is 0 Å². The summed E-state index contributed by atoms with van der Waals surface area (Å²) in [4.78, 5) is 21.7. The number of pyridine rings is 1. The van der Waals surface area contributed by atoms with Crippen molar-refractivity contribution in [1.82, 2.24) is 19.2 Å². The van der Waals surface area contributed by atoms with Crippen LogP contribution in [-0.2, 0) is 6.54 Å². The van der Waals surface area contributed by atoms with Gasteiger partial charge in [0.05, 0.1) is 11.2 Å². The Morgan fingerprint density at radius 2 is 1.69 bits per heavy atom. The summed E-state index contributed by atoms with van der Waals surface area (Å²) in [5.74, 6) is 2.88. The predicted molar refractivity (Wildman–Crippen MR) is 111 cm³/mol. The third-order valence-electron chi connectivity index (χ3n) is 8.27. The minimum atomic E-state index is -0.468. The fourth-order valence-corrected chi connectivity index (χ4v) is 7.44. The summed E-state index contributed by atoms with van der Waals surface area (Å²) in [5.41, 5.74) is 8.01. The summed E-state index contributed by atoms with van der Waals surface area (Å²) in [6.07, 6.45) is 10.8. The van der Waals surface area contributed by atoms with Gasteiger partial charge in [-0.05, 0) is 68.4 Å². The van der Waals surface area contributed by atoms with E-state index in [1.165, 1.54) is 51.6 Å². The first kappa shape index (κ1) is 17.9. The Balaban J connectivity index is 1.16. The van der Waals surface area contributed by atoms with Gasteiger partial charge in [-0.25, -0.2) is 4.98 Å². The van der Waals surface area contributed by atoms with Gasteiger partial charge in [0.1, 0.15) is 0 Å². The Kier molecular flexibility index (Phi) is 4.04. The molecule has 29 heavy (non-hydrogen) atoms. The van der Waals surface area contributed by atoms with Crippen molar-refractivity contribution in [2.45, 2.75) is 50.6 Å². The number of nitrogens with two attached hydrogens (primary N) is 1. The Hall–Kier alpha value is -1.92. The van der Waals surface area contributed by atoms with E-state index in [0.29, 0.717) is 11.4 Å². The molecular formula is C23H31N5O. The SMILES string of the molecule is NC(=O)c1nc(CN2CCN(C34CC5CC(CC(C5)C3)C4)CC2)c2ccccn12. The van der Waals surface area contributed by atoms with Crippen molar-refractivity contribution in [3.8, 4) is 0 Å². The Bertz CT molecular complexity index is 907. The van der Waals surface area contributed by atoms with Gasteiger partial charge in [-0.15, -0.1) is 0 Å². The van der Waals surface area contributed by atoms with Gasteiger partial charge in [0, 0.05) is 44.5 Å². The smallest absolute Gasteiger partial charge is 0.285 e. The second kappa shape index (κ2) is 6.54. The topological polar surface area (TPSA) is 66.9 Å². The van der Waals surface area contributed by atoms with E-state index in [9.17, 15) is 4.79 Å². The number of hydrogen-bond donors (Lipinski definition) is 1. The quantitative estimate of drug-likeness (QED) is 0.867. The summed E-state index contributed by atoms with van der Waals surface area (Å²) < 4.78 is 1.82. The molecule has 3 heterocycles. The Morgan fingerprint density at radius 1 is 1.03 bits per heavy atom. The number of amides is 1. The van der Waals surface area contributed by atoms with Crippen molar-refractivity contribution in [2.24, 2.45) is 23.5 Å². The van der Waals surface area contributed by atoms with Gasteiger partial charge in [0.15, 0.2) is 0 Å². The first-order chi connectivity index (χ1) is 14.1. The first-order valence-corrected chi connectivity index (χ1v) is 11.3. The zero-order valence-electron chi connectivity index (χ0n) is 17.1. The van der Waals surface area contributed by atoms with Gasteiger partial charge >= 0.3 is 0 Å². The normalized spacial score (nSPS) is 34.8. The van der Waals surface area contributed by atoms with Crippen LogP contribution in [0.25, 0.3) is 5.52 Å². The first-order valence-electron chi connectivity index (χ1n) is 11.3. The number of carbonyl (C=O) groups excluding carboxylic acids is 1. The molecule has 0 aromatic carbocycles. The van der Waals surface area contributed by atoms with E-state index in [-0.39, 0.29) is 0 Å². The molecule has 7 rings (SSSR count). The molecule has 4 aliphatic carbocycles. The average Bonchev–Trinajstić information content (AvgIpc) is 3.06. The Morgan fingerprint density at radius 3 is 2.31 bits per heavy atom. The van der Waals surface area contributed by atoms with Crippen molar-refractivity contribution in [2.75, 3.05) is 26.2 Å². The fraction of sp³-hybridized carbons (Fsp3) is 0.652. The lowest BCUT2D eigenvalue weighted by Gasteiger charge is -2.61. The molecule has 6 nitrogen and oxygen atoms in total. The van der Waals surface area contributed by atoms with Crippen molar-refractivity contribution in [3.63, 3.8) is 0 Å². The highest BCUT2D eigenvalue weighted by Crippen LogP contribution is 2.57. The number of primary amides is 1. The molecule has 6 heteroatoms. The summed E-state index contributed by atoms with van der Waals surface area (Å²) >= 11 is 0. The molecule has 5 aliphatic rings. The number of carbonyl (C=O) groups is 1. The third-order valence-corrected chi connectivity index (χ3v) is 8.27. The number of aromatic nitrogens is 2. The van der Waals surface area contributed by atoms with E-state index >= 15 is 0 Å². The van der Waals surface area contributed by atoms with E-state index in [2.05, 4.69) is 14.8 Å². The van der Waals surface area contributed by atoms with Crippen LogP contribution in [0.3, 0.4) is 0 Å². The zero-order chi connectivity index (χ0) is 19.6. The number of rotatable bonds is 4. The lowest BCUT2D eigenvalue weighted by atomic mass is 9.52. The molecule has 0 unspecified atom stereocenters. The average molecular weight is 394 g/mol. The predicted octanol–water partition coefficient (Wildman–Crippen LogP) is 2.52. The van der Waals surface area contributed by atoms with Crippen molar-refractivity contribution < 1.29 is 4.79 Å². The second-order valence-corrected chi connectivity index (χ2v) is 10.1. The summed E-state index contributed by atoms with van der Waals surface area (Å²) in [6, 6.07) is 5.94. The van der Waals surface area contributed by atoms with Gasteiger partial charge in [0.2, 0.25) is 5.82 Å². The highest BCUT2D eigenvalue weighted by atomic mass is 16.1. The van der Waals surface area contributed by atoms with Crippen LogP contribution in [0.4, 0.5) is 0 Å². The van der Waals surface area contributed by atoms with Crippen molar-refractivity contribution >= 4 is 11.4 Å². The standard InChI is InChI=1S/C23H31N5O/c24-21(29)22-25-19(20-3-1-2-4-28(20)22)15-26-5-7-27(8-6-26)23-12-16-9-17(13-23)11-18(10-16)14-23/h1-4,16-18H,5-15H2,(H2,24,29). The van der Waals surface area contributed by atoms with E-state index < -0.39 is 5.91 Å². The minimum Gasteiger partial charge on any atom is -0.363 e. The third kappa shape index (κ3) is 2.91. The van der Waals surface area contributed by atoms with E-state index in [1.54, 1.807) is 0 Å². The summed E-state index contributed by atoms with van der Waals surface area (Å²) in [7, 11) is 0. The van der Waals surface area contributed by atoms with E-state index in [4.69, 9.17) is 5.73 Å². The minimum absolute atomic E-state index is 0.336. The van der Waals surface area contributed by atoms with Crippen molar-refractivity contribution in [3.05, 3.63) is 35.9 Å². The van der Waals surface area contributed by atoms with Gasteiger partial charge in [-0.2, -0.15) is 0 Å². The molecule has 2 aromatic heterocycles. The van der Waals surface area contributed by atoms with Crippen LogP contribution >= 0.6 is 0 Å². The molecule has 1 amide bonds. The maximum absolute atomic E-state index is 11.8. The molecule has 5 fully saturated rings. The lowest BCUT2D eigenvalue weighted by Crippen LogP contribution is -2.63. The van der Waals surface area contributed by atoms with Gasteiger partial charge in [0.25, 0.3) is 5.91 Å². The summed E-state index contributed by atoms with van der Waals surface area (Å²) in [6.45, 7) is 5.29. The molecule has 4 bridgehead atoms. The van der Waals surface area contributed by atoms with Gasteiger partial charge < -0.3 is 5.73 Å². The van der Waals surface area contributed by atoms with Crippen LogP contribution in [0, 0.1) is 17.8 Å². The number of imidazole rings is 1. The second-order valence-electron chi connectivity index (χ2n) is 10.1. The number of piperazine rings is 1.